The molecular weight excluding hydrogens is 252 g/mol. The largest absolute Gasteiger partial charge is 0.466 e. The van der Waals surface area contributed by atoms with Crippen molar-refractivity contribution in [3.63, 3.8) is 0 Å². The number of nitrogens with one attached hydrogen (secondary N) is 1. The van der Waals surface area contributed by atoms with E-state index in [9.17, 15) is 9.59 Å². The van der Waals surface area contributed by atoms with Gasteiger partial charge in [-0.1, -0.05) is 0 Å². The van der Waals surface area contributed by atoms with Crippen LogP contribution in [0.25, 0.3) is 0 Å². The predicted octanol–water partition coefficient (Wildman–Crippen LogP) is 1.89. The molecule has 0 saturated heterocycles. The molecule has 2 amide bonds. The van der Waals surface area contributed by atoms with Crippen molar-refractivity contribution >= 4 is 23.3 Å². The lowest BCUT2D eigenvalue weighted by Crippen LogP contribution is -2.46. The number of nitrogens with zero attached hydrogens (tertiary/aromatic N) is 1. The molecule has 0 aromatic carbocycles. The Kier molecular flexibility index (Phi) is 3.38. The second-order valence-electron chi connectivity index (χ2n) is 3.99. The maximum Gasteiger partial charge on any atom is 0.337 e. The molecule has 1 N–H and O–H groups in total. The van der Waals surface area contributed by atoms with Crippen LogP contribution in [0.15, 0.2) is 28.1 Å². The van der Waals surface area contributed by atoms with E-state index >= 15 is 0 Å². The molecule has 2 heterocycles. The summed E-state index contributed by atoms with van der Waals surface area (Å²) in [7, 11) is 2.96. The number of carbonyl (C=O) groups is 2. The second-order valence-corrected chi connectivity index (χ2v) is 4.77. The summed E-state index contributed by atoms with van der Waals surface area (Å²) in [4.78, 5) is 25.1. The van der Waals surface area contributed by atoms with Crippen molar-refractivity contribution in [2.24, 2.45) is 0 Å². The topological polar surface area (TPSA) is 58.6 Å². The van der Waals surface area contributed by atoms with E-state index in [0.717, 1.165) is 5.56 Å². The Bertz CT molecular complexity index is 507. The molecule has 1 atom stereocenters. The van der Waals surface area contributed by atoms with E-state index in [4.69, 9.17) is 4.74 Å². The summed E-state index contributed by atoms with van der Waals surface area (Å²) in [6, 6.07) is 1.22. The fraction of sp³-hybridized carbons (Fsp3) is 0.333. The zero-order valence-corrected chi connectivity index (χ0v) is 11.2. The Morgan fingerprint density at radius 2 is 2.28 bits per heavy atom. The third-order valence-corrected chi connectivity index (χ3v) is 3.74. The van der Waals surface area contributed by atoms with E-state index < -0.39 is 12.0 Å². The van der Waals surface area contributed by atoms with Gasteiger partial charge < -0.3 is 15.0 Å². The van der Waals surface area contributed by atoms with Gasteiger partial charge in [-0.05, 0) is 29.3 Å². The van der Waals surface area contributed by atoms with Crippen LogP contribution in [0, 0.1) is 0 Å². The molecule has 5 nitrogen and oxygen atoms in total. The Balaban J connectivity index is 2.50. The molecule has 2 rings (SSSR count). The van der Waals surface area contributed by atoms with Crippen LogP contribution in [0.4, 0.5) is 4.79 Å². The minimum Gasteiger partial charge on any atom is -0.466 e. The average Bonchev–Trinajstić information content (AvgIpc) is 2.88. The second kappa shape index (κ2) is 4.81. The van der Waals surface area contributed by atoms with Crippen LogP contribution in [-0.4, -0.2) is 31.1 Å². The van der Waals surface area contributed by atoms with Crippen LogP contribution in [-0.2, 0) is 9.53 Å². The highest BCUT2D eigenvalue weighted by atomic mass is 32.1. The lowest BCUT2D eigenvalue weighted by molar-refractivity contribution is -0.136. The number of ether oxygens (including phenoxy) is 1. The molecule has 18 heavy (non-hydrogen) atoms. The first-order valence-corrected chi connectivity index (χ1v) is 6.36. The number of hydrogen-bond acceptors (Lipinski definition) is 4. The van der Waals surface area contributed by atoms with Gasteiger partial charge in [-0.15, -0.1) is 0 Å². The van der Waals surface area contributed by atoms with Crippen LogP contribution >= 0.6 is 11.3 Å². The van der Waals surface area contributed by atoms with E-state index in [-0.39, 0.29) is 6.03 Å². The Morgan fingerprint density at radius 3 is 2.83 bits per heavy atom. The lowest BCUT2D eigenvalue weighted by atomic mass is 9.97. The van der Waals surface area contributed by atoms with Crippen LogP contribution in [0.1, 0.15) is 18.5 Å². The Labute approximate surface area is 109 Å². The zero-order valence-electron chi connectivity index (χ0n) is 10.4. The molecule has 6 heteroatoms. The number of allylic oxidation sites excluding steroid dienone is 1. The molecule has 0 saturated carbocycles. The number of methoxy groups -OCH3 is 1. The van der Waals surface area contributed by atoms with Crippen molar-refractivity contribution in [2.45, 2.75) is 13.0 Å². The minimum absolute atomic E-state index is 0.226. The van der Waals surface area contributed by atoms with Gasteiger partial charge in [-0.25, -0.2) is 9.59 Å². The smallest absolute Gasteiger partial charge is 0.337 e. The number of hydrogen-bond donors (Lipinski definition) is 1. The first-order valence-electron chi connectivity index (χ1n) is 5.41. The average molecular weight is 266 g/mol. The van der Waals surface area contributed by atoms with Gasteiger partial charge >= 0.3 is 12.0 Å². The van der Waals surface area contributed by atoms with E-state index in [1.807, 2.05) is 16.8 Å². The maximum atomic E-state index is 11.9. The maximum absolute atomic E-state index is 11.9. The van der Waals surface area contributed by atoms with Gasteiger partial charge in [0.2, 0.25) is 0 Å². The minimum atomic E-state index is -0.438. The fourth-order valence-electron chi connectivity index (χ4n) is 1.90. The Hall–Kier alpha value is -1.82. The van der Waals surface area contributed by atoms with Gasteiger partial charge in [0.15, 0.2) is 0 Å². The molecule has 0 fully saturated rings. The van der Waals surface area contributed by atoms with E-state index in [2.05, 4.69) is 5.32 Å². The summed E-state index contributed by atoms with van der Waals surface area (Å²) >= 11 is 1.52. The molecule has 96 valence electrons. The molecule has 0 aliphatic carbocycles. The molecule has 1 aliphatic heterocycles. The third kappa shape index (κ3) is 1.99. The summed E-state index contributed by atoms with van der Waals surface area (Å²) in [6.07, 6.45) is 0. The number of carbonyl (C=O) groups excluding carboxylic acids is 2. The summed E-state index contributed by atoms with van der Waals surface area (Å²) in [5.74, 6) is -0.421. The molecule has 1 aromatic rings. The third-order valence-electron chi connectivity index (χ3n) is 3.04. The normalized spacial score (nSPS) is 19.8. The summed E-state index contributed by atoms with van der Waals surface area (Å²) in [5.41, 5.74) is 1.97. The van der Waals surface area contributed by atoms with Crippen molar-refractivity contribution in [3.05, 3.63) is 33.7 Å². The molecule has 1 unspecified atom stereocenters. The number of thiophene rings is 1. The van der Waals surface area contributed by atoms with Gasteiger partial charge in [0.1, 0.15) is 0 Å². The van der Waals surface area contributed by atoms with Gasteiger partial charge in [0, 0.05) is 12.7 Å². The molecule has 1 aromatic heterocycles. The fourth-order valence-corrected chi connectivity index (χ4v) is 2.59. The highest BCUT2D eigenvalue weighted by Gasteiger charge is 2.34. The molecule has 0 radical (unpaired) electrons. The summed E-state index contributed by atoms with van der Waals surface area (Å²) in [6.45, 7) is 1.74. The van der Waals surface area contributed by atoms with Gasteiger partial charge in [0.25, 0.3) is 0 Å². The number of amides is 2. The zero-order chi connectivity index (χ0) is 13.3. The summed E-state index contributed by atoms with van der Waals surface area (Å²) < 4.78 is 4.80. The monoisotopic (exact) mass is 266 g/mol. The van der Waals surface area contributed by atoms with Crippen molar-refractivity contribution in [1.82, 2.24) is 10.2 Å². The predicted molar refractivity (Wildman–Crippen MR) is 68.1 cm³/mol. The lowest BCUT2D eigenvalue weighted by Gasteiger charge is -2.32. The quantitative estimate of drug-likeness (QED) is 0.832. The summed E-state index contributed by atoms with van der Waals surface area (Å²) in [5, 5.41) is 6.62. The van der Waals surface area contributed by atoms with Gasteiger partial charge in [-0.2, -0.15) is 11.3 Å². The highest BCUT2D eigenvalue weighted by Crippen LogP contribution is 2.31. The number of esters is 1. The highest BCUT2D eigenvalue weighted by molar-refractivity contribution is 7.08. The Morgan fingerprint density at radius 1 is 1.56 bits per heavy atom. The van der Waals surface area contributed by atoms with E-state index in [0.29, 0.717) is 11.3 Å². The SMILES string of the molecule is COC(=O)C1=C(C)N(C)C(=O)NC1c1ccsc1. The molecular formula is C12H14N2O3S. The van der Waals surface area contributed by atoms with Crippen LogP contribution in [0.2, 0.25) is 0 Å². The van der Waals surface area contributed by atoms with Crippen LogP contribution in [0.5, 0.6) is 0 Å². The molecule has 0 spiro atoms. The number of urea groups is 1. The van der Waals surface area contributed by atoms with E-state index in [1.165, 1.54) is 23.3 Å². The van der Waals surface area contributed by atoms with Crippen molar-refractivity contribution in [2.75, 3.05) is 14.2 Å². The van der Waals surface area contributed by atoms with Crippen molar-refractivity contribution in [1.29, 1.82) is 0 Å². The standard InChI is InChI=1S/C12H14N2O3S/c1-7-9(11(15)17-3)10(8-4-5-18-6-8)13-12(16)14(7)2/h4-6,10H,1-3H3,(H,13,16). The molecule has 1 aliphatic rings. The van der Waals surface area contributed by atoms with Crippen molar-refractivity contribution in [3.8, 4) is 0 Å². The first-order chi connectivity index (χ1) is 8.56. The van der Waals surface area contributed by atoms with Gasteiger partial charge in [0.05, 0.1) is 18.7 Å². The number of rotatable bonds is 2. The van der Waals surface area contributed by atoms with Crippen LogP contribution < -0.4 is 5.32 Å². The molecule has 0 bridgehead atoms. The first kappa shape index (κ1) is 12.6. The van der Waals surface area contributed by atoms with Gasteiger partial charge in [-0.3, -0.25) is 0 Å². The van der Waals surface area contributed by atoms with E-state index in [1.54, 1.807) is 14.0 Å². The van der Waals surface area contributed by atoms with Crippen LogP contribution in [0.3, 0.4) is 0 Å². The van der Waals surface area contributed by atoms with Crippen molar-refractivity contribution < 1.29 is 14.3 Å².